The fourth-order valence-corrected chi connectivity index (χ4v) is 2.76. The summed E-state index contributed by atoms with van der Waals surface area (Å²) >= 11 is 0. The predicted molar refractivity (Wildman–Crippen MR) is 110 cm³/mol. The normalized spacial score (nSPS) is 10.1. The molecule has 0 aliphatic carbocycles. The van der Waals surface area contributed by atoms with Gasteiger partial charge in [-0.2, -0.15) is 5.26 Å². The Labute approximate surface area is 159 Å². The lowest BCUT2D eigenvalue weighted by molar-refractivity contribution is 0.866. The first-order valence-corrected chi connectivity index (χ1v) is 8.93. The number of rotatable bonds is 7. The van der Waals surface area contributed by atoms with Crippen LogP contribution in [0, 0.1) is 11.3 Å². The number of hydrogen-bond acceptors (Lipinski definition) is 6. The number of nitrogens with one attached hydrogen (secondary N) is 2. The summed E-state index contributed by atoms with van der Waals surface area (Å²) in [6, 6.07) is 19.5. The van der Waals surface area contributed by atoms with Crippen LogP contribution in [0.25, 0.3) is 0 Å². The van der Waals surface area contributed by atoms with E-state index in [0.29, 0.717) is 17.2 Å². The molecule has 3 aromatic rings. The number of nitrogens with zero attached hydrogens (tertiary/aromatic N) is 4. The predicted octanol–water partition coefficient (Wildman–Crippen LogP) is 4.68. The molecule has 6 heteroatoms. The highest BCUT2D eigenvalue weighted by atomic mass is 15.1. The third-order valence-electron chi connectivity index (χ3n) is 4.22. The van der Waals surface area contributed by atoms with Gasteiger partial charge in [-0.05, 0) is 62.4 Å². The van der Waals surface area contributed by atoms with E-state index in [-0.39, 0.29) is 0 Å². The number of benzene rings is 2. The summed E-state index contributed by atoms with van der Waals surface area (Å²) in [7, 11) is 0. The molecule has 0 spiro atoms. The van der Waals surface area contributed by atoms with Gasteiger partial charge in [-0.1, -0.05) is 0 Å². The minimum absolute atomic E-state index is 0.624. The largest absolute Gasteiger partial charge is 0.372 e. The third kappa shape index (κ3) is 4.73. The topological polar surface area (TPSA) is 76.9 Å². The number of hydrogen-bond donors (Lipinski definition) is 2. The molecule has 0 radical (unpaired) electrons. The van der Waals surface area contributed by atoms with Crippen LogP contribution >= 0.6 is 0 Å². The number of anilines is 5. The van der Waals surface area contributed by atoms with E-state index < -0.39 is 0 Å². The SMILES string of the molecule is CCN(CC)c1ccc(Nc2cc(Nc3ccc(C#N)cc3)ncn2)cc1. The van der Waals surface area contributed by atoms with Crippen LogP contribution in [0.1, 0.15) is 19.4 Å². The molecule has 0 unspecified atom stereocenters. The zero-order chi connectivity index (χ0) is 19.1. The van der Waals surface area contributed by atoms with Crippen molar-refractivity contribution in [2.45, 2.75) is 13.8 Å². The van der Waals surface area contributed by atoms with Crippen LogP contribution < -0.4 is 15.5 Å². The second kappa shape index (κ2) is 8.68. The van der Waals surface area contributed by atoms with Crippen molar-refractivity contribution in [2.75, 3.05) is 28.6 Å². The first kappa shape index (κ1) is 18.2. The van der Waals surface area contributed by atoms with Gasteiger partial charge >= 0.3 is 0 Å². The molecule has 0 amide bonds. The summed E-state index contributed by atoms with van der Waals surface area (Å²) in [5.41, 5.74) is 3.66. The summed E-state index contributed by atoms with van der Waals surface area (Å²) in [5, 5.41) is 15.4. The van der Waals surface area contributed by atoms with Gasteiger partial charge in [0.1, 0.15) is 18.0 Å². The molecule has 0 saturated heterocycles. The Bertz CT molecular complexity index is 909. The summed E-state index contributed by atoms with van der Waals surface area (Å²) in [6.07, 6.45) is 1.51. The van der Waals surface area contributed by atoms with E-state index in [9.17, 15) is 0 Å². The van der Waals surface area contributed by atoms with Crippen molar-refractivity contribution in [3.63, 3.8) is 0 Å². The van der Waals surface area contributed by atoms with Gasteiger partial charge in [0.15, 0.2) is 0 Å². The molecule has 0 fully saturated rings. The molecule has 0 aliphatic rings. The average Bonchev–Trinajstić information content (AvgIpc) is 2.71. The van der Waals surface area contributed by atoms with Gasteiger partial charge in [-0.25, -0.2) is 9.97 Å². The smallest absolute Gasteiger partial charge is 0.135 e. The lowest BCUT2D eigenvalue weighted by Gasteiger charge is -2.21. The Morgan fingerprint density at radius 3 is 1.85 bits per heavy atom. The lowest BCUT2D eigenvalue weighted by Crippen LogP contribution is -2.21. The zero-order valence-electron chi connectivity index (χ0n) is 15.5. The first-order chi connectivity index (χ1) is 13.2. The molecule has 3 rings (SSSR count). The molecule has 0 bridgehead atoms. The number of aromatic nitrogens is 2. The van der Waals surface area contributed by atoms with Crippen LogP contribution in [0.3, 0.4) is 0 Å². The first-order valence-electron chi connectivity index (χ1n) is 8.93. The molecule has 0 aliphatic heterocycles. The fourth-order valence-electron chi connectivity index (χ4n) is 2.76. The molecule has 0 saturated carbocycles. The Kier molecular flexibility index (Phi) is 5.85. The highest BCUT2D eigenvalue weighted by Crippen LogP contribution is 2.22. The summed E-state index contributed by atoms with van der Waals surface area (Å²) in [6.45, 7) is 6.27. The molecule has 2 N–H and O–H groups in total. The second-order valence-corrected chi connectivity index (χ2v) is 5.95. The van der Waals surface area contributed by atoms with Crippen LogP contribution in [0.15, 0.2) is 60.9 Å². The van der Waals surface area contributed by atoms with E-state index >= 15 is 0 Å². The fraction of sp³-hybridized carbons (Fsp3) is 0.190. The summed E-state index contributed by atoms with van der Waals surface area (Å²) in [5.74, 6) is 1.38. The van der Waals surface area contributed by atoms with E-state index in [1.54, 1.807) is 12.1 Å². The van der Waals surface area contributed by atoms with E-state index in [0.717, 1.165) is 24.5 Å². The van der Waals surface area contributed by atoms with Gasteiger partial charge in [0.25, 0.3) is 0 Å². The molecule has 0 atom stereocenters. The Balaban J connectivity index is 1.69. The van der Waals surface area contributed by atoms with Crippen LogP contribution in [-0.2, 0) is 0 Å². The van der Waals surface area contributed by atoms with Crippen LogP contribution in [0.4, 0.5) is 28.7 Å². The van der Waals surface area contributed by atoms with Gasteiger partial charge in [-0.3, -0.25) is 0 Å². The van der Waals surface area contributed by atoms with Crippen LogP contribution in [0.2, 0.25) is 0 Å². The zero-order valence-corrected chi connectivity index (χ0v) is 15.5. The lowest BCUT2D eigenvalue weighted by atomic mass is 10.2. The molecule has 6 nitrogen and oxygen atoms in total. The van der Waals surface area contributed by atoms with Gasteiger partial charge < -0.3 is 15.5 Å². The van der Waals surface area contributed by atoms with Crippen molar-refractivity contribution in [3.8, 4) is 6.07 Å². The highest BCUT2D eigenvalue weighted by molar-refractivity contribution is 5.64. The van der Waals surface area contributed by atoms with E-state index in [1.165, 1.54) is 12.0 Å². The third-order valence-corrected chi connectivity index (χ3v) is 4.22. The van der Waals surface area contributed by atoms with Gasteiger partial charge in [0, 0.05) is 36.2 Å². The summed E-state index contributed by atoms with van der Waals surface area (Å²) in [4.78, 5) is 10.8. The van der Waals surface area contributed by atoms with Crippen molar-refractivity contribution in [1.82, 2.24) is 9.97 Å². The van der Waals surface area contributed by atoms with Gasteiger partial charge in [-0.15, -0.1) is 0 Å². The Morgan fingerprint density at radius 1 is 0.852 bits per heavy atom. The standard InChI is InChI=1S/C21H22N6/c1-3-27(4-2)19-11-9-18(10-12-19)26-21-13-20(23-15-24-21)25-17-7-5-16(14-22)6-8-17/h5-13,15H,3-4H2,1-2H3,(H2,23,24,25,26). The van der Waals surface area contributed by atoms with E-state index in [1.807, 2.05) is 30.3 Å². The van der Waals surface area contributed by atoms with E-state index in [2.05, 4.69) is 57.6 Å². The van der Waals surface area contributed by atoms with Crippen LogP contribution in [-0.4, -0.2) is 23.1 Å². The Hall–Kier alpha value is -3.59. The van der Waals surface area contributed by atoms with Gasteiger partial charge in [0.2, 0.25) is 0 Å². The number of nitriles is 1. The maximum Gasteiger partial charge on any atom is 0.135 e. The molecule has 1 aromatic heterocycles. The van der Waals surface area contributed by atoms with Crippen LogP contribution in [0.5, 0.6) is 0 Å². The van der Waals surface area contributed by atoms with Crippen molar-refractivity contribution in [2.24, 2.45) is 0 Å². The quantitative estimate of drug-likeness (QED) is 0.638. The van der Waals surface area contributed by atoms with Crippen molar-refractivity contribution < 1.29 is 0 Å². The maximum absolute atomic E-state index is 8.87. The average molecular weight is 358 g/mol. The molecule has 136 valence electrons. The minimum atomic E-state index is 0.624. The summed E-state index contributed by atoms with van der Waals surface area (Å²) < 4.78 is 0. The molecular weight excluding hydrogens is 336 g/mol. The van der Waals surface area contributed by atoms with Crippen molar-refractivity contribution in [1.29, 1.82) is 5.26 Å². The monoisotopic (exact) mass is 358 g/mol. The van der Waals surface area contributed by atoms with Crippen molar-refractivity contribution in [3.05, 3.63) is 66.5 Å². The van der Waals surface area contributed by atoms with Crippen molar-refractivity contribution >= 4 is 28.7 Å². The maximum atomic E-state index is 8.87. The Morgan fingerprint density at radius 2 is 1.37 bits per heavy atom. The second-order valence-electron chi connectivity index (χ2n) is 5.95. The van der Waals surface area contributed by atoms with Gasteiger partial charge in [0.05, 0.1) is 11.6 Å². The van der Waals surface area contributed by atoms with E-state index in [4.69, 9.17) is 5.26 Å². The molecular formula is C21H22N6. The molecule has 2 aromatic carbocycles. The molecule has 27 heavy (non-hydrogen) atoms. The molecule has 1 heterocycles. The minimum Gasteiger partial charge on any atom is -0.372 e. The highest BCUT2D eigenvalue weighted by Gasteiger charge is 2.04.